The van der Waals surface area contributed by atoms with Crippen molar-refractivity contribution in [3.05, 3.63) is 0 Å². The van der Waals surface area contributed by atoms with Gasteiger partial charge in [-0.2, -0.15) is 0 Å². The molecule has 0 heterocycles. The van der Waals surface area contributed by atoms with Crippen molar-refractivity contribution in [2.24, 2.45) is 11.8 Å². The Kier molecular flexibility index (Phi) is 70.3. The van der Waals surface area contributed by atoms with Gasteiger partial charge in [-0.05, 0) is 37.5 Å². The van der Waals surface area contributed by atoms with Crippen LogP contribution < -0.4 is 0 Å². The van der Waals surface area contributed by atoms with Crippen molar-refractivity contribution in [2.75, 3.05) is 39.6 Å². The zero-order valence-corrected chi connectivity index (χ0v) is 66.6. The van der Waals surface area contributed by atoms with Crippen LogP contribution >= 0.6 is 15.6 Å². The van der Waals surface area contributed by atoms with Crippen molar-refractivity contribution in [2.45, 2.75) is 439 Å². The van der Waals surface area contributed by atoms with Crippen LogP contribution in [0.4, 0.5) is 0 Å². The summed E-state index contributed by atoms with van der Waals surface area (Å²) in [6, 6.07) is 0. The number of esters is 4. The number of ether oxygens (including phenoxy) is 4. The molecule has 19 heteroatoms. The lowest BCUT2D eigenvalue weighted by molar-refractivity contribution is -0.161. The molecule has 0 bridgehead atoms. The highest BCUT2D eigenvalue weighted by Gasteiger charge is 2.30. The standard InChI is InChI=1S/C80H156O17P2/c1-7-9-11-13-15-16-17-18-19-20-23-30-35-40-46-52-58-64-79(84)96-75(68-90-77(82)62-56-50-42-14-12-10-8-2)70-94-98(86,87)92-66-74(81)67-93-99(88,89)95-71-76(69-91-78(83)63-57-51-45-39-34-29-26-25-28-33-38-44-49-55-61-73(5)6)97-80(85)65-59-53-47-41-36-31-24-21-22-27-32-37-43-48-54-60-72(3)4/h72-76,81H,7-71H2,1-6H3,(H,86,87)(H,88,89)/t74-,75+,76+/m0/s1. The fraction of sp³-hybridized carbons (Fsp3) is 0.950. The third-order valence-corrected chi connectivity index (χ3v) is 20.6. The van der Waals surface area contributed by atoms with Crippen LogP contribution in [0, 0.1) is 11.8 Å². The molecule has 0 radical (unpaired) electrons. The van der Waals surface area contributed by atoms with Gasteiger partial charge in [0, 0.05) is 25.7 Å². The number of aliphatic hydroxyl groups excluding tert-OH is 1. The zero-order chi connectivity index (χ0) is 72.8. The maximum atomic E-state index is 13.1. The van der Waals surface area contributed by atoms with Gasteiger partial charge in [-0.1, -0.05) is 369 Å². The van der Waals surface area contributed by atoms with Gasteiger partial charge in [0.15, 0.2) is 12.2 Å². The van der Waals surface area contributed by atoms with E-state index in [-0.39, 0.29) is 25.7 Å². The Morgan fingerprint density at radius 1 is 0.273 bits per heavy atom. The van der Waals surface area contributed by atoms with E-state index in [1.165, 1.54) is 225 Å². The minimum atomic E-state index is -4.96. The fourth-order valence-electron chi connectivity index (χ4n) is 12.4. The molecule has 0 aliphatic heterocycles. The Morgan fingerprint density at radius 2 is 0.465 bits per heavy atom. The Hall–Kier alpha value is -1.94. The van der Waals surface area contributed by atoms with Crippen molar-refractivity contribution in [3.8, 4) is 0 Å². The average Bonchev–Trinajstić information content (AvgIpc) is 1.03. The van der Waals surface area contributed by atoms with Gasteiger partial charge in [0.2, 0.25) is 0 Å². The minimum absolute atomic E-state index is 0.108. The molecule has 0 amide bonds. The summed E-state index contributed by atoms with van der Waals surface area (Å²) < 4.78 is 68.6. The molecular weight excluding hydrogens is 1290 g/mol. The zero-order valence-electron chi connectivity index (χ0n) is 64.8. The molecule has 0 saturated heterocycles. The van der Waals surface area contributed by atoms with E-state index in [2.05, 4.69) is 41.5 Å². The quantitative estimate of drug-likeness (QED) is 0.0222. The van der Waals surface area contributed by atoms with E-state index < -0.39 is 97.5 Å². The van der Waals surface area contributed by atoms with Crippen molar-refractivity contribution < 1.29 is 80.2 Å². The Morgan fingerprint density at radius 3 is 0.687 bits per heavy atom. The molecule has 0 aliphatic carbocycles. The molecule has 0 saturated carbocycles. The molecule has 0 aromatic rings. The van der Waals surface area contributed by atoms with Crippen LogP contribution in [0.5, 0.6) is 0 Å². The van der Waals surface area contributed by atoms with Crippen molar-refractivity contribution in [1.82, 2.24) is 0 Å². The molecule has 0 rings (SSSR count). The van der Waals surface area contributed by atoms with E-state index in [0.29, 0.717) is 25.7 Å². The van der Waals surface area contributed by atoms with Crippen molar-refractivity contribution in [1.29, 1.82) is 0 Å². The van der Waals surface area contributed by atoms with Gasteiger partial charge in [0.05, 0.1) is 26.4 Å². The van der Waals surface area contributed by atoms with E-state index in [4.69, 9.17) is 37.0 Å². The summed E-state index contributed by atoms with van der Waals surface area (Å²) in [5, 5.41) is 10.6. The Bertz CT molecular complexity index is 1910. The maximum absolute atomic E-state index is 13.1. The van der Waals surface area contributed by atoms with Crippen LogP contribution in [-0.4, -0.2) is 96.7 Å². The summed E-state index contributed by atoms with van der Waals surface area (Å²) in [4.78, 5) is 72.9. The van der Waals surface area contributed by atoms with Crippen LogP contribution in [0.3, 0.4) is 0 Å². The molecule has 17 nitrogen and oxygen atoms in total. The van der Waals surface area contributed by atoms with Crippen LogP contribution in [0.25, 0.3) is 0 Å². The van der Waals surface area contributed by atoms with E-state index >= 15 is 0 Å². The average molecular weight is 1450 g/mol. The monoisotopic (exact) mass is 1450 g/mol. The molecule has 3 N–H and O–H groups in total. The van der Waals surface area contributed by atoms with E-state index in [9.17, 15) is 43.2 Å². The first kappa shape index (κ1) is 97.1. The van der Waals surface area contributed by atoms with Gasteiger partial charge in [0.1, 0.15) is 19.3 Å². The lowest BCUT2D eigenvalue weighted by atomic mass is 10.0. The predicted octanol–water partition coefficient (Wildman–Crippen LogP) is 23.9. The topological polar surface area (TPSA) is 237 Å². The predicted molar refractivity (Wildman–Crippen MR) is 405 cm³/mol. The van der Waals surface area contributed by atoms with Crippen molar-refractivity contribution >= 4 is 39.5 Å². The summed E-state index contributed by atoms with van der Waals surface area (Å²) in [5.74, 6) is -0.511. The summed E-state index contributed by atoms with van der Waals surface area (Å²) in [6.45, 7) is 9.64. The number of hydrogen-bond donors (Lipinski definition) is 3. The largest absolute Gasteiger partial charge is 0.472 e. The molecule has 0 fully saturated rings. The second-order valence-electron chi connectivity index (χ2n) is 29.8. The smallest absolute Gasteiger partial charge is 0.462 e. The lowest BCUT2D eigenvalue weighted by Gasteiger charge is -2.21. The first-order valence-corrected chi connectivity index (χ1v) is 44.5. The molecule has 0 spiro atoms. The molecule has 588 valence electrons. The number of carbonyl (C=O) groups excluding carboxylic acids is 4. The summed E-state index contributed by atoms with van der Waals surface area (Å²) in [5.41, 5.74) is 0. The number of phosphoric ester groups is 2. The number of hydrogen-bond acceptors (Lipinski definition) is 15. The number of aliphatic hydroxyl groups is 1. The van der Waals surface area contributed by atoms with Gasteiger partial charge in [-0.3, -0.25) is 37.3 Å². The van der Waals surface area contributed by atoms with E-state index in [0.717, 1.165) is 115 Å². The lowest BCUT2D eigenvalue weighted by Crippen LogP contribution is -2.30. The van der Waals surface area contributed by atoms with Gasteiger partial charge >= 0.3 is 39.5 Å². The molecular formula is C80H156O17P2. The summed E-state index contributed by atoms with van der Waals surface area (Å²) in [7, 11) is -9.91. The molecule has 0 aliphatic rings. The maximum Gasteiger partial charge on any atom is 0.472 e. The highest BCUT2D eigenvalue weighted by molar-refractivity contribution is 7.47. The number of phosphoric acid groups is 2. The van der Waals surface area contributed by atoms with Crippen LogP contribution in [0.2, 0.25) is 0 Å². The molecule has 5 atom stereocenters. The second kappa shape index (κ2) is 71.7. The van der Waals surface area contributed by atoms with Gasteiger partial charge in [0.25, 0.3) is 0 Å². The molecule has 0 aromatic heterocycles. The van der Waals surface area contributed by atoms with Gasteiger partial charge in [-0.25, -0.2) is 9.13 Å². The van der Waals surface area contributed by atoms with E-state index in [1.807, 2.05) is 0 Å². The number of rotatable bonds is 79. The molecule has 2 unspecified atom stereocenters. The first-order valence-electron chi connectivity index (χ1n) is 41.5. The first-order chi connectivity index (χ1) is 47.9. The minimum Gasteiger partial charge on any atom is -0.462 e. The summed E-state index contributed by atoms with van der Waals surface area (Å²) in [6.07, 6.45) is 61.2. The molecule has 0 aromatic carbocycles. The SMILES string of the molecule is CCCCCCCCCCCCCCCCCCCC(=O)O[C@H](COC(=O)CCCCCCCCC)COP(=O)(O)OC[C@H](O)COP(=O)(O)OC[C@@H](COC(=O)CCCCCCCCCCCCCCCCC(C)C)OC(=O)CCCCCCCCCCCCCCCCCC(C)C. The van der Waals surface area contributed by atoms with Gasteiger partial charge in [-0.15, -0.1) is 0 Å². The number of unbranched alkanes of at least 4 members (excludes halogenated alkanes) is 49. The third kappa shape index (κ3) is 74.1. The van der Waals surface area contributed by atoms with E-state index in [1.54, 1.807) is 0 Å². The Balaban J connectivity index is 5.18. The highest BCUT2D eigenvalue weighted by Crippen LogP contribution is 2.45. The molecule has 99 heavy (non-hydrogen) atoms. The normalized spacial score (nSPS) is 13.9. The van der Waals surface area contributed by atoms with Crippen LogP contribution in [0.15, 0.2) is 0 Å². The van der Waals surface area contributed by atoms with Crippen LogP contribution in [0.1, 0.15) is 420 Å². The summed E-state index contributed by atoms with van der Waals surface area (Å²) >= 11 is 0. The van der Waals surface area contributed by atoms with Gasteiger partial charge < -0.3 is 33.8 Å². The third-order valence-electron chi connectivity index (χ3n) is 18.7. The van der Waals surface area contributed by atoms with Crippen molar-refractivity contribution in [3.63, 3.8) is 0 Å². The number of carbonyl (C=O) groups is 4. The highest BCUT2D eigenvalue weighted by atomic mass is 31.2. The second-order valence-corrected chi connectivity index (χ2v) is 32.7. The van der Waals surface area contributed by atoms with Crippen LogP contribution in [-0.2, 0) is 65.4 Å². The Labute approximate surface area is 607 Å². The fourth-order valence-corrected chi connectivity index (χ4v) is 13.9.